The largest absolute Gasteiger partial charge is 0.358 e. The molecule has 0 spiro atoms. The van der Waals surface area contributed by atoms with Gasteiger partial charge in [-0.3, -0.25) is 4.79 Å². The van der Waals surface area contributed by atoms with E-state index >= 15 is 0 Å². The number of rotatable bonds is 2. The summed E-state index contributed by atoms with van der Waals surface area (Å²) in [6.07, 6.45) is 0.859. The van der Waals surface area contributed by atoms with Crippen LogP contribution in [0.25, 0.3) is 10.9 Å². The first-order valence-electron chi connectivity index (χ1n) is 5.78. The predicted molar refractivity (Wildman–Crippen MR) is 68.0 cm³/mol. The zero-order chi connectivity index (χ0) is 11.7. The molecule has 0 radical (unpaired) electrons. The number of hydrogen-bond donors (Lipinski definition) is 1. The van der Waals surface area contributed by atoms with E-state index in [1.165, 1.54) is 5.56 Å². The molecule has 0 fully saturated rings. The van der Waals surface area contributed by atoms with Crippen LogP contribution in [0.15, 0.2) is 29.1 Å². The van der Waals surface area contributed by atoms with Crippen molar-refractivity contribution in [3.8, 4) is 0 Å². The summed E-state index contributed by atoms with van der Waals surface area (Å²) in [5.74, 6) is 0.423. The Kier molecular flexibility index (Phi) is 2.82. The van der Waals surface area contributed by atoms with Crippen LogP contribution in [0.2, 0.25) is 0 Å². The van der Waals surface area contributed by atoms with E-state index in [9.17, 15) is 4.79 Å². The Morgan fingerprint density at radius 2 is 2.06 bits per heavy atom. The maximum absolute atomic E-state index is 11.9. The molecule has 1 heterocycles. The third-order valence-corrected chi connectivity index (χ3v) is 2.96. The zero-order valence-corrected chi connectivity index (χ0v) is 10.0. The molecule has 0 amide bonds. The second-order valence-electron chi connectivity index (χ2n) is 4.44. The van der Waals surface area contributed by atoms with E-state index in [1.807, 2.05) is 12.1 Å². The number of fused-ring (bicyclic) bond motifs is 1. The minimum Gasteiger partial charge on any atom is -0.358 e. The van der Waals surface area contributed by atoms with Gasteiger partial charge in [-0.2, -0.15) is 0 Å². The standard InChI is InChI=1S/C14H17NO/c1-4-10-8-13(16)12-7-5-6-11(9(2)3)14(12)15-10/h5-9H,4H2,1-3H3,(H,15,16). The number of nitrogens with one attached hydrogen (secondary N) is 1. The number of benzene rings is 1. The smallest absolute Gasteiger partial charge is 0.189 e. The average molecular weight is 215 g/mol. The normalized spacial score (nSPS) is 11.2. The van der Waals surface area contributed by atoms with E-state index in [4.69, 9.17) is 0 Å². The molecule has 0 atom stereocenters. The van der Waals surface area contributed by atoms with Crippen LogP contribution in [0.3, 0.4) is 0 Å². The molecule has 84 valence electrons. The summed E-state index contributed by atoms with van der Waals surface area (Å²) in [6, 6.07) is 7.63. The van der Waals surface area contributed by atoms with Crippen LogP contribution in [0.5, 0.6) is 0 Å². The topological polar surface area (TPSA) is 32.9 Å². The third kappa shape index (κ3) is 1.75. The number of aromatic amines is 1. The number of aromatic nitrogens is 1. The van der Waals surface area contributed by atoms with E-state index in [1.54, 1.807) is 6.07 Å². The summed E-state index contributed by atoms with van der Waals surface area (Å²) >= 11 is 0. The highest BCUT2D eigenvalue weighted by molar-refractivity contribution is 5.82. The summed E-state index contributed by atoms with van der Waals surface area (Å²) in [5.41, 5.74) is 3.34. The van der Waals surface area contributed by atoms with Gasteiger partial charge in [0.2, 0.25) is 0 Å². The molecular weight excluding hydrogens is 198 g/mol. The molecule has 0 unspecified atom stereocenters. The van der Waals surface area contributed by atoms with Crippen LogP contribution in [0.4, 0.5) is 0 Å². The number of pyridine rings is 1. The minimum absolute atomic E-state index is 0.119. The average Bonchev–Trinajstić information content (AvgIpc) is 2.28. The maximum Gasteiger partial charge on any atom is 0.189 e. The second-order valence-corrected chi connectivity index (χ2v) is 4.44. The molecule has 1 aromatic carbocycles. The first-order chi connectivity index (χ1) is 7.63. The Morgan fingerprint density at radius 1 is 1.31 bits per heavy atom. The summed E-state index contributed by atoms with van der Waals surface area (Å²) < 4.78 is 0. The van der Waals surface area contributed by atoms with E-state index < -0.39 is 0 Å². The lowest BCUT2D eigenvalue weighted by molar-refractivity contribution is 0.870. The fourth-order valence-corrected chi connectivity index (χ4v) is 2.02. The quantitative estimate of drug-likeness (QED) is 0.819. The molecule has 2 nitrogen and oxygen atoms in total. The van der Waals surface area contributed by atoms with Gasteiger partial charge >= 0.3 is 0 Å². The van der Waals surface area contributed by atoms with Crippen molar-refractivity contribution in [2.75, 3.05) is 0 Å². The van der Waals surface area contributed by atoms with Crippen molar-refractivity contribution in [2.45, 2.75) is 33.1 Å². The summed E-state index contributed by atoms with van der Waals surface area (Å²) in [4.78, 5) is 15.3. The molecule has 0 aliphatic rings. The number of aryl methyl sites for hydroxylation is 1. The van der Waals surface area contributed by atoms with Gasteiger partial charge in [0, 0.05) is 17.1 Å². The van der Waals surface area contributed by atoms with Crippen LogP contribution in [-0.4, -0.2) is 4.98 Å². The number of para-hydroxylation sites is 1. The molecule has 1 aromatic heterocycles. The Balaban J connectivity index is 2.85. The lowest BCUT2D eigenvalue weighted by Gasteiger charge is -2.10. The van der Waals surface area contributed by atoms with Crippen LogP contribution < -0.4 is 5.43 Å². The Morgan fingerprint density at radius 3 is 2.69 bits per heavy atom. The van der Waals surface area contributed by atoms with Crippen molar-refractivity contribution < 1.29 is 0 Å². The monoisotopic (exact) mass is 215 g/mol. The van der Waals surface area contributed by atoms with Gasteiger partial charge < -0.3 is 4.98 Å². The summed E-state index contributed by atoms with van der Waals surface area (Å²) in [7, 11) is 0. The van der Waals surface area contributed by atoms with Crippen molar-refractivity contribution in [3.63, 3.8) is 0 Å². The molecular formula is C14H17NO. The van der Waals surface area contributed by atoms with Crippen molar-refractivity contribution in [3.05, 3.63) is 45.7 Å². The summed E-state index contributed by atoms with van der Waals surface area (Å²) in [6.45, 7) is 6.34. The molecule has 2 aromatic rings. The minimum atomic E-state index is 0.119. The van der Waals surface area contributed by atoms with Crippen molar-refractivity contribution >= 4 is 10.9 Å². The Labute approximate surface area is 95.3 Å². The van der Waals surface area contributed by atoms with E-state index in [0.29, 0.717) is 5.92 Å². The van der Waals surface area contributed by atoms with Gasteiger partial charge in [0.05, 0.1) is 5.52 Å². The second kappa shape index (κ2) is 4.12. The highest BCUT2D eigenvalue weighted by atomic mass is 16.1. The maximum atomic E-state index is 11.9. The van der Waals surface area contributed by atoms with Gasteiger partial charge in [-0.15, -0.1) is 0 Å². The third-order valence-electron chi connectivity index (χ3n) is 2.96. The lowest BCUT2D eigenvalue weighted by Crippen LogP contribution is -2.06. The predicted octanol–water partition coefficient (Wildman–Crippen LogP) is 3.21. The highest BCUT2D eigenvalue weighted by Gasteiger charge is 2.08. The molecule has 2 heteroatoms. The van der Waals surface area contributed by atoms with Crippen molar-refractivity contribution in [1.82, 2.24) is 4.98 Å². The molecule has 0 aliphatic carbocycles. The molecule has 1 N–H and O–H groups in total. The molecule has 16 heavy (non-hydrogen) atoms. The molecule has 0 bridgehead atoms. The first-order valence-corrected chi connectivity index (χ1v) is 5.78. The summed E-state index contributed by atoms with van der Waals surface area (Å²) in [5, 5.41) is 0.795. The highest BCUT2D eigenvalue weighted by Crippen LogP contribution is 2.22. The van der Waals surface area contributed by atoms with Crippen LogP contribution in [-0.2, 0) is 6.42 Å². The van der Waals surface area contributed by atoms with Crippen LogP contribution in [0.1, 0.15) is 37.9 Å². The fraction of sp³-hybridized carbons (Fsp3) is 0.357. The SMILES string of the molecule is CCc1cc(=O)c2cccc(C(C)C)c2[nH]1. The molecule has 0 aliphatic heterocycles. The van der Waals surface area contributed by atoms with Gasteiger partial charge in [0.1, 0.15) is 0 Å². The van der Waals surface area contributed by atoms with Gasteiger partial charge in [-0.1, -0.05) is 32.9 Å². The van der Waals surface area contributed by atoms with Crippen molar-refractivity contribution in [1.29, 1.82) is 0 Å². The Bertz CT molecular complexity index is 566. The zero-order valence-electron chi connectivity index (χ0n) is 10.0. The van der Waals surface area contributed by atoms with Gasteiger partial charge in [0.15, 0.2) is 5.43 Å². The molecule has 0 saturated carbocycles. The van der Waals surface area contributed by atoms with Gasteiger partial charge in [-0.25, -0.2) is 0 Å². The number of H-pyrrole nitrogens is 1. The van der Waals surface area contributed by atoms with E-state index in [0.717, 1.165) is 23.0 Å². The fourth-order valence-electron chi connectivity index (χ4n) is 2.02. The molecule has 0 saturated heterocycles. The van der Waals surface area contributed by atoms with Gasteiger partial charge in [-0.05, 0) is 24.0 Å². The van der Waals surface area contributed by atoms with Crippen LogP contribution >= 0.6 is 0 Å². The van der Waals surface area contributed by atoms with E-state index in [2.05, 4.69) is 31.8 Å². The first kappa shape index (κ1) is 10.9. The van der Waals surface area contributed by atoms with E-state index in [-0.39, 0.29) is 5.43 Å². The van der Waals surface area contributed by atoms with Crippen molar-refractivity contribution in [2.24, 2.45) is 0 Å². The van der Waals surface area contributed by atoms with Gasteiger partial charge in [0.25, 0.3) is 0 Å². The Hall–Kier alpha value is -1.57. The number of hydrogen-bond acceptors (Lipinski definition) is 1. The molecule has 2 rings (SSSR count). The van der Waals surface area contributed by atoms with Crippen LogP contribution in [0, 0.1) is 0 Å². The lowest BCUT2D eigenvalue weighted by atomic mass is 9.99.